The molecule has 1 N–H and O–H groups in total. The fourth-order valence-electron chi connectivity index (χ4n) is 2.12. The molecule has 0 bridgehead atoms. The Hall–Kier alpha value is -2.31. The summed E-state index contributed by atoms with van der Waals surface area (Å²) in [4.78, 5) is 0. The van der Waals surface area contributed by atoms with Crippen molar-refractivity contribution in [2.45, 2.75) is 46.2 Å². The molecule has 1 aromatic heterocycles. The highest BCUT2D eigenvalue weighted by molar-refractivity contribution is 5.43. The monoisotopic (exact) mass is 319 g/mol. The summed E-state index contributed by atoms with van der Waals surface area (Å²) in [5, 5.41) is 15.0. The van der Waals surface area contributed by atoms with E-state index in [4.69, 9.17) is 9.47 Å². The zero-order valence-electron chi connectivity index (χ0n) is 14.1. The van der Waals surface area contributed by atoms with E-state index in [0.717, 1.165) is 42.9 Å². The van der Waals surface area contributed by atoms with Crippen molar-refractivity contribution in [3.05, 3.63) is 23.8 Å². The molecule has 23 heavy (non-hydrogen) atoms. The lowest BCUT2D eigenvalue weighted by atomic mass is 10.2. The number of unbranched alkanes of at least 4 members (excludes halogenated alkanes) is 1. The number of aryl methyl sites for hydroxylation is 1. The molecule has 0 saturated carbocycles. The Labute approximate surface area is 137 Å². The van der Waals surface area contributed by atoms with Gasteiger partial charge in [-0.2, -0.15) is 0 Å². The predicted octanol–water partition coefficient (Wildman–Crippen LogP) is 2.88. The van der Waals surface area contributed by atoms with E-state index in [2.05, 4.69) is 34.7 Å². The average Bonchev–Trinajstić information content (AvgIpc) is 3.03. The summed E-state index contributed by atoms with van der Waals surface area (Å²) in [6.45, 7) is 6.34. The minimum atomic E-state index is 0.622. The van der Waals surface area contributed by atoms with E-state index in [9.17, 15) is 0 Å². The number of hydrogen-bond acceptors (Lipinski definition) is 6. The maximum Gasteiger partial charge on any atom is 0.243 e. The number of nitrogens with zero attached hydrogens (tertiary/aromatic N) is 4. The van der Waals surface area contributed by atoms with Crippen LogP contribution in [0.15, 0.2) is 18.2 Å². The third-order valence-corrected chi connectivity index (χ3v) is 3.40. The molecule has 0 fully saturated rings. The van der Waals surface area contributed by atoms with Crippen LogP contribution in [0.2, 0.25) is 0 Å². The molecule has 2 aromatic rings. The van der Waals surface area contributed by atoms with Crippen LogP contribution in [0.4, 0.5) is 5.95 Å². The fourth-order valence-corrected chi connectivity index (χ4v) is 2.12. The van der Waals surface area contributed by atoms with Gasteiger partial charge in [0.2, 0.25) is 5.95 Å². The van der Waals surface area contributed by atoms with Crippen molar-refractivity contribution in [2.75, 3.05) is 19.0 Å². The zero-order chi connectivity index (χ0) is 16.5. The van der Waals surface area contributed by atoms with Gasteiger partial charge in [0.05, 0.1) is 13.7 Å². The molecule has 0 radical (unpaired) electrons. The summed E-state index contributed by atoms with van der Waals surface area (Å²) in [6.07, 6.45) is 3.12. The lowest BCUT2D eigenvalue weighted by Crippen LogP contribution is -2.09. The first-order valence-electron chi connectivity index (χ1n) is 8.08. The Bertz CT molecular complexity index is 600. The second-order valence-electron chi connectivity index (χ2n) is 5.27. The number of rotatable bonds is 10. The van der Waals surface area contributed by atoms with Crippen LogP contribution in [0.3, 0.4) is 0 Å². The number of anilines is 1. The quantitative estimate of drug-likeness (QED) is 0.726. The maximum atomic E-state index is 5.66. The molecule has 126 valence electrons. The second kappa shape index (κ2) is 8.97. The van der Waals surface area contributed by atoms with Crippen molar-refractivity contribution in [1.82, 2.24) is 20.2 Å². The number of aromatic nitrogens is 4. The van der Waals surface area contributed by atoms with Crippen molar-refractivity contribution in [1.29, 1.82) is 0 Å². The first kappa shape index (κ1) is 17.1. The maximum absolute atomic E-state index is 5.66. The number of ether oxygens (including phenoxy) is 2. The van der Waals surface area contributed by atoms with Crippen molar-refractivity contribution in [3.63, 3.8) is 0 Å². The van der Waals surface area contributed by atoms with Crippen molar-refractivity contribution < 1.29 is 9.47 Å². The Balaban J connectivity index is 1.99. The van der Waals surface area contributed by atoms with Gasteiger partial charge in [-0.15, -0.1) is 0 Å². The minimum absolute atomic E-state index is 0.622. The molecule has 1 aromatic carbocycles. The summed E-state index contributed by atoms with van der Waals surface area (Å²) in [6, 6.07) is 5.92. The molecule has 7 heteroatoms. The molecule has 0 spiro atoms. The van der Waals surface area contributed by atoms with Crippen LogP contribution in [0.1, 0.15) is 38.7 Å². The van der Waals surface area contributed by atoms with Crippen LogP contribution >= 0.6 is 0 Å². The third kappa shape index (κ3) is 4.84. The van der Waals surface area contributed by atoms with Gasteiger partial charge in [-0.25, -0.2) is 4.68 Å². The molecule has 0 aliphatic heterocycles. The lowest BCUT2D eigenvalue weighted by molar-refractivity contribution is 0.294. The van der Waals surface area contributed by atoms with Crippen LogP contribution in [0, 0.1) is 0 Å². The van der Waals surface area contributed by atoms with E-state index < -0.39 is 0 Å². The van der Waals surface area contributed by atoms with Gasteiger partial charge in [0.1, 0.15) is 0 Å². The summed E-state index contributed by atoms with van der Waals surface area (Å²) in [5.74, 6) is 2.19. The van der Waals surface area contributed by atoms with Crippen molar-refractivity contribution in [2.24, 2.45) is 0 Å². The standard InChI is InChI=1S/C16H25N5O2/c1-4-6-9-21-16(18-19-20-21)17-12-13-7-8-14(23-10-5-2)15(11-13)22-3/h7-8,11H,4-6,9-10,12H2,1-3H3,(H,17,18,20). The van der Waals surface area contributed by atoms with E-state index in [0.29, 0.717) is 19.1 Å². The third-order valence-electron chi connectivity index (χ3n) is 3.40. The SMILES string of the molecule is CCCCn1nnnc1NCc1ccc(OCCC)c(OC)c1. The van der Waals surface area contributed by atoms with Gasteiger partial charge in [-0.1, -0.05) is 31.4 Å². The van der Waals surface area contributed by atoms with E-state index in [1.807, 2.05) is 18.2 Å². The van der Waals surface area contributed by atoms with E-state index in [1.54, 1.807) is 11.8 Å². The van der Waals surface area contributed by atoms with Crippen molar-refractivity contribution in [3.8, 4) is 11.5 Å². The second-order valence-corrected chi connectivity index (χ2v) is 5.27. The lowest BCUT2D eigenvalue weighted by Gasteiger charge is -2.12. The molecule has 0 aliphatic rings. The smallest absolute Gasteiger partial charge is 0.243 e. The molecule has 0 unspecified atom stereocenters. The molecule has 7 nitrogen and oxygen atoms in total. The van der Waals surface area contributed by atoms with Gasteiger partial charge < -0.3 is 14.8 Å². The van der Waals surface area contributed by atoms with Crippen LogP contribution < -0.4 is 14.8 Å². The zero-order valence-corrected chi connectivity index (χ0v) is 14.1. The fraction of sp³-hybridized carbons (Fsp3) is 0.562. The number of methoxy groups -OCH3 is 1. The summed E-state index contributed by atoms with van der Waals surface area (Å²) < 4.78 is 12.9. The van der Waals surface area contributed by atoms with E-state index >= 15 is 0 Å². The minimum Gasteiger partial charge on any atom is -0.493 e. The predicted molar refractivity (Wildman–Crippen MR) is 88.8 cm³/mol. The first-order chi connectivity index (χ1) is 11.3. The van der Waals surface area contributed by atoms with Crippen LogP contribution in [0.25, 0.3) is 0 Å². The molecule has 0 atom stereocenters. The average molecular weight is 319 g/mol. The van der Waals surface area contributed by atoms with E-state index in [-0.39, 0.29) is 0 Å². The number of tetrazole rings is 1. The van der Waals surface area contributed by atoms with Gasteiger partial charge in [-0.3, -0.25) is 0 Å². The highest BCUT2D eigenvalue weighted by Crippen LogP contribution is 2.28. The van der Waals surface area contributed by atoms with Gasteiger partial charge in [-0.05, 0) is 41.0 Å². The van der Waals surface area contributed by atoms with Gasteiger partial charge in [0.25, 0.3) is 0 Å². The largest absolute Gasteiger partial charge is 0.493 e. The Kier molecular flexibility index (Phi) is 6.65. The highest BCUT2D eigenvalue weighted by atomic mass is 16.5. The topological polar surface area (TPSA) is 74.1 Å². The molecule has 1 heterocycles. The Morgan fingerprint density at radius 1 is 1.17 bits per heavy atom. The number of hydrogen-bond donors (Lipinski definition) is 1. The van der Waals surface area contributed by atoms with E-state index in [1.165, 1.54) is 0 Å². The Morgan fingerprint density at radius 2 is 2.04 bits per heavy atom. The summed E-state index contributed by atoms with van der Waals surface area (Å²) >= 11 is 0. The Morgan fingerprint density at radius 3 is 2.78 bits per heavy atom. The summed E-state index contributed by atoms with van der Waals surface area (Å²) in [5.41, 5.74) is 1.08. The van der Waals surface area contributed by atoms with Crippen molar-refractivity contribution >= 4 is 5.95 Å². The normalized spacial score (nSPS) is 10.6. The molecule has 0 amide bonds. The first-order valence-corrected chi connectivity index (χ1v) is 8.08. The molecule has 0 saturated heterocycles. The van der Waals surface area contributed by atoms with Crippen LogP contribution in [-0.4, -0.2) is 33.9 Å². The number of nitrogens with one attached hydrogen (secondary N) is 1. The highest BCUT2D eigenvalue weighted by Gasteiger charge is 2.08. The van der Waals surface area contributed by atoms with Crippen LogP contribution in [-0.2, 0) is 13.1 Å². The molecule has 2 rings (SSSR count). The van der Waals surface area contributed by atoms with Crippen LogP contribution in [0.5, 0.6) is 11.5 Å². The molecular weight excluding hydrogens is 294 g/mol. The van der Waals surface area contributed by atoms with Gasteiger partial charge in [0, 0.05) is 13.1 Å². The summed E-state index contributed by atoms with van der Waals surface area (Å²) in [7, 11) is 1.65. The molecule has 0 aliphatic carbocycles. The molecular formula is C16H25N5O2. The van der Waals surface area contributed by atoms with Gasteiger partial charge >= 0.3 is 0 Å². The van der Waals surface area contributed by atoms with Gasteiger partial charge in [0.15, 0.2) is 11.5 Å². The number of benzene rings is 1.